The highest BCUT2D eigenvalue weighted by Gasteiger charge is 2.36. The summed E-state index contributed by atoms with van der Waals surface area (Å²) in [6.07, 6.45) is 0.956. The summed E-state index contributed by atoms with van der Waals surface area (Å²) in [5, 5.41) is 6.48. The number of halogens is 4. The van der Waals surface area contributed by atoms with Crippen molar-refractivity contribution < 1.29 is 21.6 Å². The molecule has 0 saturated carbocycles. The third-order valence-corrected chi connectivity index (χ3v) is 7.45. The van der Waals surface area contributed by atoms with E-state index in [-0.39, 0.29) is 23.4 Å². The molecule has 9 nitrogen and oxygen atoms in total. The summed E-state index contributed by atoms with van der Waals surface area (Å²) in [4.78, 5) is 12.2. The first-order chi connectivity index (χ1) is 17.0. The second kappa shape index (κ2) is 10.3. The van der Waals surface area contributed by atoms with Crippen molar-refractivity contribution in [1.29, 1.82) is 0 Å². The average molecular weight is 544 g/mol. The largest absolute Gasteiger partial charge is 0.420 e. The Bertz CT molecular complexity index is 1340. The van der Waals surface area contributed by atoms with Gasteiger partial charge in [0.2, 0.25) is 16.0 Å². The minimum absolute atomic E-state index is 0.00930. The number of benzene rings is 1. The highest BCUT2D eigenvalue weighted by atomic mass is 35.5. The molecule has 2 N–H and O–H groups in total. The van der Waals surface area contributed by atoms with E-state index >= 15 is 0 Å². The molecule has 3 aromatic rings. The zero-order valence-corrected chi connectivity index (χ0v) is 21.1. The van der Waals surface area contributed by atoms with Crippen molar-refractivity contribution in [2.75, 3.05) is 31.7 Å². The van der Waals surface area contributed by atoms with Crippen molar-refractivity contribution in [2.45, 2.75) is 31.6 Å². The molecule has 0 unspecified atom stereocenters. The highest BCUT2D eigenvalue weighted by Crippen LogP contribution is 2.36. The predicted molar refractivity (Wildman–Crippen MR) is 130 cm³/mol. The molecule has 3 heterocycles. The number of rotatable bonds is 7. The van der Waals surface area contributed by atoms with Crippen molar-refractivity contribution in [3.63, 3.8) is 0 Å². The molecule has 1 aliphatic rings. The number of aromatic nitrogens is 4. The van der Waals surface area contributed by atoms with Gasteiger partial charge in [-0.15, -0.1) is 0 Å². The normalized spacial score (nSPS) is 15.8. The molecule has 4 rings (SSSR count). The van der Waals surface area contributed by atoms with Crippen molar-refractivity contribution in [2.24, 2.45) is 0 Å². The molecule has 194 valence electrons. The number of nitrogens with one attached hydrogen (secondary N) is 2. The number of imidazole rings is 1. The van der Waals surface area contributed by atoms with Crippen LogP contribution in [0.15, 0.2) is 36.9 Å². The third kappa shape index (κ3) is 5.97. The number of sulfonamides is 1. The predicted octanol–water partition coefficient (Wildman–Crippen LogP) is 3.56. The molecular formula is C22H25ClF3N7O2S. The Balaban J connectivity index is 1.61. The Hall–Kier alpha value is -2.74. The van der Waals surface area contributed by atoms with Crippen LogP contribution in [-0.2, 0) is 22.7 Å². The summed E-state index contributed by atoms with van der Waals surface area (Å²) >= 11 is 6.40. The first-order valence-corrected chi connectivity index (χ1v) is 13.3. The van der Waals surface area contributed by atoms with Gasteiger partial charge >= 0.3 is 6.18 Å². The SMILES string of the molecule is CNCc1ccc(-n2cnc(-c3nc(NC4CCN(S(C)(=O)=O)CC4)ncc3C(F)(F)F)c2)c(Cl)c1. The molecule has 0 radical (unpaired) electrons. The molecule has 0 spiro atoms. The minimum atomic E-state index is -4.69. The number of nitrogens with zero attached hydrogens (tertiary/aromatic N) is 5. The van der Waals surface area contributed by atoms with Crippen molar-refractivity contribution in [3.8, 4) is 17.1 Å². The van der Waals surface area contributed by atoms with E-state index in [0.717, 1.165) is 18.0 Å². The van der Waals surface area contributed by atoms with Gasteiger partial charge < -0.3 is 15.2 Å². The summed E-state index contributed by atoms with van der Waals surface area (Å²) in [5.74, 6) is 0.0137. The van der Waals surface area contributed by atoms with E-state index in [1.165, 1.54) is 21.4 Å². The highest BCUT2D eigenvalue weighted by molar-refractivity contribution is 7.88. The van der Waals surface area contributed by atoms with Crippen LogP contribution in [0.25, 0.3) is 17.1 Å². The Morgan fingerprint density at radius 3 is 2.53 bits per heavy atom. The molecule has 1 aliphatic heterocycles. The van der Waals surface area contributed by atoms with E-state index in [4.69, 9.17) is 11.6 Å². The minimum Gasteiger partial charge on any atom is -0.351 e. The summed E-state index contributed by atoms with van der Waals surface area (Å²) in [5.41, 5.74) is 0.152. The van der Waals surface area contributed by atoms with Gasteiger partial charge in [0.05, 0.1) is 17.0 Å². The van der Waals surface area contributed by atoms with E-state index in [9.17, 15) is 21.6 Å². The van der Waals surface area contributed by atoms with Crippen molar-refractivity contribution in [1.82, 2.24) is 29.1 Å². The van der Waals surface area contributed by atoms with Crippen molar-refractivity contribution in [3.05, 3.63) is 53.1 Å². The van der Waals surface area contributed by atoms with E-state index in [1.54, 1.807) is 12.1 Å². The topological polar surface area (TPSA) is 105 Å². The lowest BCUT2D eigenvalue weighted by Gasteiger charge is -2.30. The van der Waals surface area contributed by atoms with Crippen LogP contribution >= 0.6 is 11.6 Å². The lowest BCUT2D eigenvalue weighted by Crippen LogP contribution is -2.42. The van der Waals surface area contributed by atoms with Gasteiger partial charge in [-0.3, -0.25) is 0 Å². The fraction of sp³-hybridized carbons (Fsp3) is 0.409. The average Bonchev–Trinajstić information content (AvgIpc) is 3.28. The Labute approximate surface area is 211 Å². The van der Waals surface area contributed by atoms with Crippen LogP contribution in [0.2, 0.25) is 5.02 Å². The fourth-order valence-corrected chi connectivity index (χ4v) is 5.19. The quantitative estimate of drug-likeness (QED) is 0.469. The second-order valence-electron chi connectivity index (χ2n) is 8.52. The number of hydrogen-bond acceptors (Lipinski definition) is 7. The first kappa shape index (κ1) is 26.3. The Morgan fingerprint density at radius 1 is 1.19 bits per heavy atom. The van der Waals surface area contributed by atoms with Crippen LogP contribution < -0.4 is 10.6 Å². The van der Waals surface area contributed by atoms with Gasteiger partial charge in [-0.2, -0.15) is 13.2 Å². The fourth-order valence-electron chi connectivity index (χ4n) is 4.02. The maximum absolute atomic E-state index is 13.8. The first-order valence-electron chi connectivity index (χ1n) is 11.1. The molecule has 14 heteroatoms. The molecule has 0 aliphatic carbocycles. The van der Waals surface area contributed by atoms with Gasteiger partial charge in [-0.25, -0.2) is 27.7 Å². The van der Waals surface area contributed by atoms with Gasteiger partial charge in [0, 0.05) is 38.1 Å². The van der Waals surface area contributed by atoms with Crippen LogP contribution in [0, 0.1) is 0 Å². The van der Waals surface area contributed by atoms with E-state index in [1.807, 2.05) is 13.1 Å². The number of anilines is 1. The van der Waals surface area contributed by atoms with Crippen molar-refractivity contribution >= 4 is 27.6 Å². The third-order valence-electron chi connectivity index (χ3n) is 5.85. The monoisotopic (exact) mass is 543 g/mol. The lowest BCUT2D eigenvalue weighted by molar-refractivity contribution is -0.137. The van der Waals surface area contributed by atoms with Gasteiger partial charge in [0.1, 0.15) is 23.3 Å². The van der Waals surface area contributed by atoms with Gasteiger partial charge in [-0.1, -0.05) is 17.7 Å². The molecule has 0 amide bonds. The number of hydrogen-bond donors (Lipinski definition) is 2. The summed E-state index contributed by atoms with van der Waals surface area (Å²) < 4.78 is 67.6. The smallest absolute Gasteiger partial charge is 0.351 e. The number of piperidine rings is 1. The second-order valence-corrected chi connectivity index (χ2v) is 10.9. The molecule has 36 heavy (non-hydrogen) atoms. The molecule has 1 aromatic carbocycles. The maximum Gasteiger partial charge on any atom is 0.420 e. The summed E-state index contributed by atoms with van der Waals surface area (Å²) in [6, 6.07) is 5.22. The van der Waals surface area contributed by atoms with Crippen LogP contribution in [0.1, 0.15) is 24.0 Å². The zero-order chi connectivity index (χ0) is 26.1. The van der Waals surface area contributed by atoms with Gasteiger partial charge in [0.15, 0.2) is 0 Å². The van der Waals surface area contributed by atoms with Crippen LogP contribution in [0.4, 0.5) is 19.1 Å². The standard InChI is InChI=1S/C22H25ClF3N7O2S/c1-27-10-14-3-4-19(17(23)9-14)32-12-18(29-13-32)20-16(22(24,25)26)11-28-21(31-20)30-15-5-7-33(8-6-15)36(2,34)35/h3-4,9,11-13,15,27H,5-8,10H2,1-2H3,(H,28,30,31). The molecule has 0 bridgehead atoms. The lowest BCUT2D eigenvalue weighted by atomic mass is 10.1. The summed E-state index contributed by atoms with van der Waals surface area (Å²) in [6.45, 7) is 1.23. The zero-order valence-electron chi connectivity index (χ0n) is 19.5. The van der Waals surface area contributed by atoms with Gasteiger partial charge in [0.25, 0.3) is 0 Å². The van der Waals surface area contributed by atoms with Crippen LogP contribution in [0.3, 0.4) is 0 Å². The Kier molecular flexibility index (Phi) is 7.55. The summed E-state index contributed by atoms with van der Waals surface area (Å²) in [7, 11) is -1.48. The van der Waals surface area contributed by atoms with E-state index in [2.05, 4.69) is 25.6 Å². The van der Waals surface area contributed by atoms with Crippen LogP contribution in [0.5, 0.6) is 0 Å². The van der Waals surface area contributed by atoms with Crippen LogP contribution in [-0.4, -0.2) is 64.7 Å². The molecule has 1 saturated heterocycles. The number of alkyl halides is 3. The molecule has 0 atom stereocenters. The van der Waals surface area contributed by atoms with E-state index < -0.39 is 21.8 Å². The molecule has 1 fully saturated rings. The van der Waals surface area contributed by atoms with E-state index in [0.29, 0.717) is 43.2 Å². The Morgan fingerprint density at radius 2 is 1.92 bits per heavy atom. The molecular weight excluding hydrogens is 519 g/mol. The molecule has 2 aromatic heterocycles. The van der Waals surface area contributed by atoms with Gasteiger partial charge in [-0.05, 0) is 37.6 Å². The maximum atomic E-state index is 13.8.